The van der Waals surface area contributed by atoms with E-state index >= 15 is 0 Å². The van der Waals surface area contributed by atoms with Crippen molar-refractivity contribution in [2.45, 2.75) is 12.8 Å². The Balaban J connectivity index is 2.03. The van der Waals surface area contributed by atoms with Crippen LogP contribution in [0.15, 0.2) is 10.8 Å². The molecule has 0 unspecified atom stereocenters. The maximum atomic E-state index is 11.8. The highest BCUT2D eigenvalue weighted by atomic mass is 79.9. The summed E-state index contributed by atoms with van der Waals surface area (Å²) >= 11 is 3.17. The first kappa shape index (κ1) is 15.4. The van der Waals surface area contributed by atoms with Crippen LogP contribution in [0.25, 0.3) is 0 Å². The summed E-state index contributed by atoms with van der Waals surface area (Å²) < 4.78 is 33.8. The van der Waals surface area contributed by atoms with Crippen molar-refractivity contribution in [1.29, 1.82) is 0 Å². The molecule has 0 aromatic carbocycles. The van der Waals surface area contributed by atoms with Gasteiger partial charge in [0.15, 0.2) is 5.82 Å². The van der Waals surface area contributed by atoms with Gasteiger partial charge in [0, 0.05) is 6.54 Å². The summed E-state index contributed by atoms with van der Waals surface area (Å²) in [6.45, 7) is 0.314. The molecule has 0 spiro atoms. The molecule has 0 amide bonds. The van der Waals surface area contributed by atoms with Gasteiger partial charge in [-0.05, 0) is 34.7 Å². The van der Waals surface area contributed by atoms with Crippen molar-refractivity contribution < 1.29 is 18.3 Å². The van der Waals surface area contributed by atoms with Gasteiger partial charge in [0.05, 0.1) is 6.61 Å². The minimum Gasteiger partial charge on any atom is -0.474 e. The van der Waals surface area contributed by atoms with E-state index in [1.165, 1.54) is 6.33 Å². The molecule has 1 aliphatic rings. The van der Waals surface area contributed by atoms with Crippen LogP contribution in [-0.4, -0.2) is 43.3 Å². The molecule has 1 aromatic rings. The van der Waals surface area contributed by atoms with Gasteiger partial charge >= 0.3 is 0 Å². The van der Waals surface area contributed by atoms with E-state index in [9.17, 15) is 8.42 Å². The van der Waals surface area contributed by atoms with E-state index in [1.54, 1.807) is 0 Å². The number of aliphatic hydroxyl groups excluding tert-OH is 1. The lowest BCUT2D eigenvalue weighted by Gasteiger charge is -2.11. The van der Waals surface area contributed by atoms with E-state index in [2.05, 4.69) is 35.3 Å². The van der Waals surface area contributed by atoms with Crippen molar-refractivity contribution >= 4 is 32.0 Å². The number of hydrogen-bond donors (Lipinski definition) is 3. The lowest BCUT2D eigenvalue weighted by molar-refractivity contribution is 0.196. The number of hydrogen-bond acceptors (Lipinski definition) is 6. The van der Waals surface area contributed by atoms with Crippen LogP contribution < -0.4 is 14.2 Å². The minimum atomic E-state index is -3.67. The topological polar surface area (TPSA) is 113 Å². The molecule has 0 atom stereocenters. The van der Waals surface area contributed by atoms with Crippen molar-refractivity contribution in [1.82, 2.24) is 14.7 Å². The van der Waals surface area contributed by atoms with Gasteiger partial charge in [-0.1, -0.05) is 0 Å². The molecule has 1 aromatic heterocycles. The Morgan fingerprint density at radius 1 is 1.45 bits per heavy atom. The van der Waals surface area contributed by atoms with Gasteiger partial charge in [-0.2, -0.15) is 13.1 Å². The van der Waals surface area contributed by atoms with E-state index in [0.717, 1.165) is 12.8 Å². The van der Waals surface area contributed by atoms with E-state index in [4.69, 9.17) is 9.84 Å². The Labute approximate surface area is 125 Å². The van der Waals surface area contributed by atoms with E-state index in [0.29, 0.717) is 12.5 Å². The summed E-state index contributed by atoms with van der Waals surface area (Å²) in [4.78, 5) is 7.69. The Morgan fingerprint density at radius 3 is 2.85 bits per heavy atom. The van der Waals surface area contributed by atoms with Gasteiger partial charge < -0.3 is 9.84 Å². The molecule has 1 fully saturated rings. The second-order valence-corrected chi connectivity index (χ2v) is 6.60. The maximum absolute atomic E-state index is 11.8. The number of halogens is 1. The van der Waals surface area contributed by atoms with Crippen molar-refractivity contribution in [2.75, 3.05) is 24.5 Å². The molecule has 0 bridgehead atoms. The number of rotatable bonds is 8. The molecule has 1 aliphatic carbocycles. The number of ether oxygens (including phenoxy) is 1. The van der Waals surface area contributed by atoms with E-state index in [-0.39, 0.29) is 29.4 Å². The predicted molar refractivity (Wildman–Crippen MR) is 75.6 cm³/mol. The second kappa shape index (κ2) is 6.66. The second-order valence-electron chi connectivity index (χ2n) is 4.31. The third-order valence-electron chi connectivity index (χ3n) is 2.58. The van der Waals surface area contributed by atoms with E-state index < -0.39 is 10.2 Å². The van der Waals surface area contributed by atoms with E-state index in [1.807, 2.05) is 0 Å². The predicted octanol–water partition coefficient (Wildman–Crippen LogP) is 0.266. The number of anilines is 1. The Bertz CT molecular complexity index is 564. The SMILES string of the molecule is O=S(=O)(NCC1CC1)Nc1ncnc(OCCO)c1Br. The zero-order valence-electron chi connectivity index (χ0n) is 10.5. The standard InChI is InChI=1S/C10H15BrN4O4S/c11-8-9(12-6-13-10(8)19-4-3-16)15-20(17,18)14-5-7-1-2-7/h6-7,14,16H,1-5H2,(H,12,13,15). The molecular weight excluding hydrogens is 352 g/mol. The molecule has 3 N–H and O–H groups in total. The van der Waals surface area contributed by atoms with Crippen LogP contribution >= 0.6 is 15.9 Å². The fraction of sp³-hybridized carbons (Fsp3) is 0.600. The first-order valence-electron chi connectivity index (χ1n) is 6.03. The average molecular weight is 367 g/mol. The van der Waals surface area contributed by atoms with Crippen LogP contribution in [0.5, 0.6) is 5.88 Å². The molecule has 2 rings (SSSR count). The van der Waals surface area contributed by atoms with Crippen LogP contribution in [-0.2, 0) is 10.2 Å². The summed E-state index contributed by atoms with van der Waals surface area (Å²) in [7, 11) is -3.67. The summed E-state index contributed by atoms with van der Waals surface area (Å²) in [5.41, 5.74) is 0. The molecule has 0 radical (unpaired) electrons. The van der Waals surface area contributed by atoms with Crippen molar-refractivity contribution in [3.05, 3.63) is 10.8 Å². The zero-order valence-corrected chi connectivity index (χ0v) is 12.9. The van der Waals surface area contributed by atoms with Crippen LogP contribution in [0.2, 0.25) is 0 Å². The minimum absolute atomic E-state index is 0.0573. The van der Waals surface area contributed by atoms with Crippen LogP contribution in [0.1, 0.15) is 12.8 Å². The fourth-order valence-electron chi connectivity index (χ4n) is 1.38. The highest BCUT2D eigenvalue weighted by molar-refractivity contribution is 9.10. The quantitative estimate of drug-likeness (QED) is 0.608. The first-order chi connectivity index (χ1) is 9.52. The number of aliphatic hydroxyl groups is 1. The van der Waals surface area contributed by atoms with Crippen LogP contribution in [0.4, 0.5) is 5.82 Å². The molecule has 112 valence electrons. The molecule has 20 heavy (non-hydrogen) atoms. The molecule has 1 heterocycles. The summed E-state index contributed by atoms with van der Waals surface area (Å²) in [6, 6.07) is 0. The zero-order chi connectivity index (χ0) is 14.6. The third kappa shape index (κ3) is 4.54. The van der Waals surface area contributed by atoms with Gasteiger partial charge in [0.25, 0.3) is 10.2 Å². The van der Waals surface area contributed by atoms with Crippen molar-refractivity contribution in [3.8, 4) is 5.88 Å². The number of nitrogens with one attached hydrogen (secondary N) is 2. The van der Waals surface area contributed by atoms with Crippen LogP contribution in [0, 0.1) is 5.92 Å². The van der Waals surface area contributed by atoms with Crippen molar-refractivity contribution in [3.63, 3.8) is 0 Å². The maximum Gasteiger partial charge on any atom is 0.300 e. The molecular formula is C10H15BrN4O4S. The summed E-state index contributed by atoms with van der Waals surface area (Å²) in [5, 5.41) is 8.70. The smallest absolute Gasteiger partial charge is 0.300 e. The third-order valence-corrected chi connectivity index (χ3v) is 4.30. The average Bonchev–Trinajstić information content (AvgIpc) is 3.22. The first-order valence-corrected chi connectivity index (χ1v) is 8.31. The molecule has 1 saturated carbocycles. The van der Waals surface area contributed by atoms with Gasteiger partial charge in [0.2, 0.25) is 5.88 Å². The monoisotopic (exact) mass is 366 g/mol. The highest BCUT2D eigenvalue weighted by Crippen LogP contribution is 2.29. The van der Waals surface area contributed by atoms with Gasteiger partial charge in [-0.3, -0.25) is 4.72 Å². The van der Waals surface area contributed by atoms with Crippen molar-refractivity contribution in [2.24, 2.45) is 5.92 Å². The summed E-state index contributed by atoms with van der Waals surface area (Å²) in [6.07, 6.45) is 3.29. The highest BCUT2D eigenvalue weighted by Gasteiger charge is 2.24. The Kier molecular flexibility index (Phi) is 5.13. The van der Waals surface area contributed by atoms with Crippen LogP contribution in [0.3, 0.4) is 0 Å². The number of nitrogens with zero attached hydrogens (tertiary/aromatic N) is 2. The Hall–Kier alpha value is -0.970. The number of aromatic nitrogens is 2. The molecule has 0 aliphatic heterocycles. The lowest BCUT2D eigenvalue weighted by Crippen LogP contribution is -2.32. The lowest BCUT2D eigenvalue weighted by atomic mass is 10.4. The molecule has 0 saturated heterocycles. The normalized spacial score (nSPS) is 15.1. The Morgan fingerprint density at radius 2 is 2.20 bits per heavy atom. The summed E-state index contributed by atoms with van der Waals surface area (Å²) in [5.74, 6) is 0.675. The van der Waals surface area contributed by atoms with Gasteiger partial charge in [-0.15, -0.1) is 0 Å². The molecule has 8 nitrogen and oxygen atoms in total. The van der Waals surface area contributed by atoms with Gasteiger partial charge in [-0.25, -0.2) is 9.97 Å². The van der Waals surface area contributed by atoms with Gasteiger partial charge in [0.1, 0.15) is 17.4 Å². The molecule has 10 heteroatoms. The fourth-order valence-corrected chi connectivity index (χ4v) is 2.87. The largest absolute Gasteiger partial charge is 0.474 e.